The molecule has 28 heavy (non-hydrogen) atoms. The van der Waals surface area contributed by atoms with Crippen LogP contribution in [0.25, 0.3) is 0 Å². The van der Waals surface area contributed by atoms with E-state index < -0.39 is 11.3 Å². The maximum Gasteiger partial charge on any atom is 0.343 e. The third-order valence-electron chi connectivity index (χ3n) is 6.13. The molecule has 1 saturated carbocycles. The molecule has 1 aromatic carbocycles. The number of aromatic nitrogens is 3. The second kappa shape index (κ2) is 6.59. The highest BCUT2D eigenvalue weighted by Gasteiger charge is 2.48. The first-order valence-electron chi connectivity index (χ1n) is 9.57. The van der Waals surface area contributed by atoms with E-state index in [0.29, 0.717) is 38.1 Å². The summed E-state index contributed by atoms with van der Waals surface area (Å²) in [7, 11) is 0. The summed E-state index contributed by atoms with van der Waals surface area (Å²) in [4.78, 5) is 38.1. The Bertz CT molecular complexity index is 1070. The van der Waals surface area contributed by atoms with Gasteiger partial charge in [-0.25, -0.2) is 9.89 Å². The molecule has 1 N–H and O–H groups in total. The molecule has 0 bridgehead atoms. The highest BCUT2D eigenvalue weighted by atomic mass is 16.2. The van der Waals surface area contributed by atoms with Gasteiger partial charge in [-0.15, -0.1) is 5.92 Å². The van der Waals surface area contributed by atoms with Gasteiger partial charge < -0.3 is 0 Å². The first kappa shape index (κ1) is 18.4. The smallest absolute Gasteiger partial charge is 0.299 e. The summed E-state index contributed by atoms with van der Waals surface area (Å²) >= 11 is 0. The van der Waals surface area contributed by atoms with Gasteiger partial charge in [-0.1, -0.05) is 5.92 Å². The van der Waals surface area contributed by atoms with Gasteiger partial charge in [0.1, 0.15) is 23.3 Å². The lowest BCUT2D eigenvalue weighted by atomic mass is 9.63. The maximum absolute atomic E-state index is 13.2. The van der Waals surface area contributed by atoms with Gasteiger partial charge in [0.05, 0.1) is 0 Å². The maximum atomic E-state index is 13.2. The number of nitrogens with zero attached hydrogens (tertiary/aromatic N) is 2. The minimum absolute atomic E-state index is 0.0249. The lowest BCUT2D eigenvalue weighted by molar-refractivity contribution is -0.137. The normalized spacial score (nSPS) is 24.0. The third kappa shape index (κ3) is 2.91. The quantitative estimate of drug-likeness (QED) is 0.610. The van der Waals surface area contributed by atoms with Crippen molar-refractivity contribution in [3.63, 3.8) is 0 Å². The Balaban J connectivity index is 1.66. The van der Waals surface area contributed by atoms with Crippen LogP contribution in [0, 0.1) is 31.1 Å². The zero-order valence-electron chi connectivity index (χ0n) is 16.4. The molecule has 0 atom stereocenters. The van der Waals surface area contributed by atoms with Crippen LogP contribution in [0.1, 0.15) is 60.2 Å². The zero-order valence-corrected chi connectivity index (χ0v) is 16.4. The Morgan fingerprint density at radius 3 is 2.36 bits per heavy atom. The van der Waals surface area contributed by atoms with Gasteiger partial charge in [-0.3, -0.25) is 14.2 Å². The minimum atomic E-state index is -0.697. The van der Waals surface area contributed by atoms with Crippen LogP contribution in [0.15, 0.2) is 16.9 Å². The second-order valence-electron chi connectivity index (χ2n) is 8.14. The van der Waals surface area contributed by atoms with Crippen molar-refractivity contribution in [2.45, 2.75) is 58.9 Å². The second-order valence-corrected chi connectivity index (χ2v) is 8.14. The number of nitrogens with one attached hydrogen (secondary N) is 1. The number of aryl methyl sites for hydroxylation is 2. The van der Waals surface area contributed by atoms with Crippen LogP contribution in [0.2, 0.25) is 0 Å². The van der Waals surface area contributed by atoms with E-state index in [9.17, 15) is 14.4 Å². The number of Topliss-reactive ketones (excluding diaryl/α,β-unsaturated/α-hetero) is 2. The lowest BCUT2D eigenvalue weighted by Gasteiger charge is -2.41. The molecule has 2 heterocycles. The highest BCUT2D eigenvalue weighted by molar-refractivity contribution is 6.10. The molecule has 4 rings (SSSR count). The zero-order chi connectivity index (χ0) is 20.1. The third-order valence-corrected chi connectivity index (χ3v) is 6.13. The molecule has 1 aliphatic carbocycles. The van der Waals surface area contributed by atoms with Gasteiger partial charge >= 0.3 is 5.69 Å². The summed E-state index contributed by atoms with van der Waals surface area (Å²) in [6, 6.07) is 3.90. The van der Waals surface area contributed by atoms with Crippen LogP contribution < -0.4 is 5.69 Å². The number of H-pyrrole nitrogens is 1. The number of benzene rings is 1. The molecular formula is C22H23N3O3. The van der Waals surface area contributed by atoms with Crippen LogP contribution >= 0.6 is 0 Å². The van der Waals surface area contributed by atoms with Crippen LogP contribution in [-0.2, 0) is 22.6 Å². The molecule has 144 valence electrons. The highest BCUT2D eigenvalue weighted by Crippen LogP contribution is 2.46. The molecule has 6 nitrogen and oxygen atoms in total. The topological polar surface area (TPSA) is 84.8 Å². The molecule has 2 aromatic rings. The van der Waals surface area contributed by atoms with Crippen molar-refractivity contribution in [2.24, 2.45) is 5.41 Å². The van der Waals surface area contributed by atoms with Crippen molar-refractivity contribution in [1.29, 1.82) is 0 Å². The molecule has 0 radical (unpaired) electrons. The standard InChI is InChI=1S/C22H23N3O3/c1-4-5-15-8-13(2)19(14(3)9-15)20-16(26)10-22(11-17(20)27)6-7-25-18(12-22)23-24-21(25)28/h8-9,20H,6-7,10-12H2,1-3H3,(H,24,28). The molecule has 0 unspecified atom stereocenters. The monoisotopic (exact) mass is 377 g/mol. The molecule has 1 fully saturated rings. The van der Waals surface area contributed by atoms with E-state index >= 15 is 0 Å². The summed E-state index contributed by atoms with van der Waals surface area (Å²) in [6.07, 6.45) is 1.82. The number of fused-ring (bicyclic) bond motifs is 1. The van der Waals surface area contributed by atoms with Gasteiger partial charge in [-0.05, 0) is 61.4 Å². The van der Waals surface area contributed by atoms with Crippen molar-refractivity contribution in [3.05, 3.63) is 50.7 Å². The van der Waals surface area contributed by atoms with E-state index in [4.69, 9.17) is 0 Å². The Labute approximate surface area is 163 Å². The molecule has 2 aliphatic rings. The average molecular weight is 377 g/mol. The summed E-state index contributed by atoms with van der Waals surface area (Å²) in [5.41, 5.74) is 2.96. The summed E-state index contributed by atoms with van der Waals surface area (Å²) in [6.45, 7) is 6.17. The Kier molecular flexibility index (Phi) is 4.34. The molecule has 0 amide bonds. The van der Waals surface area contributed by atoms with E-state index in [1.807, 2.05) is 26.0 Å². The van der Waals surface area contributed by atoms with Crippen molar-refractivity contribution >= 4 is 11.6 Å². The van der Waals surface area contributed by atoms with E-state index in [-0.39, 0.29) is 17.3 Å². The van der Waals surface area contributed by atoms with Crippen molar-refractivity contribution < 1.29 is 9.59 Å². The van der Waals surface area contributed by atoms with Crippen molar-refractivity contribution in [2.75, 3.05) is 0 Å². The lowest BCUT2D eigenvalue weighted by Crippen LogP contribution is -2.44. The van der Waals surface area contributed by atoms with Crippen LogP contribution in [-0.4, -0.2) is 26.3 Å². The number of hydrogen-bond acceptors (Lipinski definition) is 4. The first-order valence-corrected chi connectivity index (χ1v) is 9.57. The van der Waals surface area contributed by atoms with Crippen molar-refractivity contribution in [3.8, 4) is 11.8 Å². The van der Waals surface area contributed by atoms with Gasteiger partial charge in [0.15, 0.2) is 0 Å². The van der Waals surface area contributed by atoms with E-state index in [2.05, 4.69) is 22.0 Å². The Hall–Kier alpha value is -2.94. The fraction of sp³-hybridized carbons (Fsp3) is 0.455. The molecular weight excluding hydrogens is 354 g/mol. The summed E-state index contributed by atoms with van der Waals surface area (Å²) in [5, 5.41) is 6.54. The van der Waals surface area contributed by atoms with E-state index in [1.165, 1.54) is 0 Å². The van der Waals surface area contributed by atoms with Gasteiger partial charge in [-0.2, -0.15) is 5.10 Å². The Morgan fingerprint density at radius 2 is 1.75 bits per heavy atom. The first-order chi connectivity index (χ1) is 13.3. The van der Waals surface area contributed by atoms with Gasteiger partial charge in [0, 0.05) is 31.4 Å². The number of ketones is 2. The fourth-order valence-electron chi connectivity index (χ4n) is 4.94. The van der Waals surface area contributed by atoms with Crippen LogP contribution in [0.3, 0.4) is 0 Å². The number of rotatable bonds is 1. The average Bonchev–Trinajstić information content (AvgIpc) is 2.97. The van der Waals surface area contributed by atoms with E-state index in [1.54, 1.807) is 11.5 Å². The molecule has 1 aliphatic heterocycles. The van der Waals surface area contributed by atoms with Crippen molar-refractivity contribution in [1.82, 2.24) is 14.8 Å². The Morgan fingerprint density at radius 1 is 1.11 bits per heavy atom. The van der Waals surface area contributed by atoms with Crippen LogP contribution in [0.4, 0.5) is 0 Å². The summed E-state index contributed by atoms with van der Waals surface area (Å²) in [5.74, 6) is 5.83. The number of hydrogen-bond donors (Lipinski definition) is 1. The molecule has 6 heteroatoms. The fourth-order valence-corrected chi connectivity index (χ4v) is 4.94. The largest absolute Gasteiger partial charge is 0.343 e. The predicted octanol–water partition coefficient (Wildman–Crippen LogP) is 2.21. The number of aromatic amines is 1. The molecule has 1 spiro atoms. The SMILES string of the molecule is CC#Cc1cc(C)c(C2C(=O)CC3(CCn4c(n[nH]c4=O)C3)CC2=O)c(C)c1. The molecule has 1 aromatic heterocycles. The number of carbonyl (C=O) groups excluding carboxylic acids is 2. The molecule has 0 saturated heterocycles. The van der Waals surface area contributed by atoms with Gasteiger partial charge in [0.2, 0.25) is 0 Å². The number of carbonyl (C=O) groups is 2. The van der Waals surface area contributed by atoms with E-state index in [0.717, 1.165) is 22.3 Å². The van der Waals surface area contributed by atoms with Gasteiger partial charge in [0.25, 0.3) is 0 Å². The van der Waals surface area contributed by atoms with Crippen LogP contribution in [0.5, 0.6) is 0 Å². The summed E-state index contributed by atoms with van der Waals surface area (Å²) < 4.78 is 1.61. The predicted molar refractivity (Wildman–Crippen MR) is 104 cm³/mol. The minimum Gasteiger partial charge on any atom is -0.299 e.